The molecular formula is C14H22BrClN2O2. The molecule has 1 aliphatic rings. The first-order chi connectivity index (χ1) is 9.17. The van der Waals surface area contributed by atoms with E-state index in [1.54, 1.807) is 14.2 Å². The van der Waals surface area contributed by atoms with Gasteiger partial charge < -0.3 is 14.8 Å². The van der Waals surface area contributed by atoms with Gasteiger partial charge in [0.1, 0.15) is 0 Å². The summed E-state index contributed by atoms with van der Waals surface area (Å²) in [6, 6.07) is 4.61. The average molecular weight is 366 g/mol. The molecule has 0 unspecified atom stereocenters. The van der Waals surface area contributed by atoms with Gasteiger partial charge in [-0.1, -0.05) is 6.07 Å². The van der Waals surface area contributed by atoms with Gasteiger partial charge in [-0.15, -0.1) is 12.4 Å². The van der Waals surface area contributed by atoms with Crippen molar-refractivity contribution in [2.24, 2.45) is 0 Å². The molecule has 0 bridgehead atoms. The van der Waals surface area contributed by atoms with Gasteiger partial charge in [-0.2, -0.15) is 0 Å². The molecule has 4 nitrogen and oxygen atoms in total. The van der Waals surface area contributed by atoms with E-state index in [1.807, 2.05) is 6.07 Å². The number of halogens is 2. The van der Waals surface area contributed by atoms with E-state index in [9.17, 15) is 0 Å². The predicted octanol–water partition coefficient (Wildman–Crippen LogP) is 2.68. The first-order valence-electron chi connectivity index (χ1n) is 6.51. The quantitative estimate of drug-likeness (QED) is 0.889. The molecule has 0 aromatic heterocycles. The highest BCUT2D eigenvalue weighted by Crippen LogP contribution is 2.38. The van der Waals surface area contributed by atoms with Crippen molar-refractivity contribution < 1.29 is 9.47 Å². The van der Waals surface area contributed by atoms with Gasteiger partial charge in [0.15, 0.2) is 11.5 Å². The van der Waals surface area contributed by atoms with E-state index >= 15 is 0 Å². The van der Waals surface area contributed by atoms with Crippen molar-refractivity contribution in [2.45, 2.75) is 19.5 Å². The first-order valence-corrected chi connectivity index (χ1v) is 7.30. The summed E-state index contributed by atoms with van der Waals surface area (Å²) in [6.07, 6.45) is 0. The summed E-state index contributed by atoms with van der Waals surface area (Å²) in [4.78, 5) is 2.47. The Kier molecular flexibility index (Phi) is 7.09. The summed E-state index contributed by atoms with van der Waals surface area (Å²) in [7, 11) is 3.32. The molecule has 1 aromatic carbocycles. The molecule has 2 rings (SSSR count). The van der Waals surface area contributed by atoms with Crippen LogP contribution in [0.15, 0.2) is 16.6 Å². The Labute approximate surface area is 135 Å². The Hall–Kier alpha value is -0.490. The zero-order valence-electron chi connectivity index (χ0n) is 12.1. The highest BCUT2D eigenvalue weighted by Gasteiger charge is 2.20. The zero-order chi connectivity index (χ0) is 13.8. The lowest BCUT2D eigenvalue weighted by molar-refractivity contribution is 0.165. The molecule has 1 aromatic rings. The van der Waals surface area contributed by atoms with Gasteiger partial charge in [0.05, 0.1) is 18.7 Å². The average Bonchev–Trinajstić information content (AvgIpc) is 2.43. The summed E-state index contributed by atoms with van der Waals surface area (Å²) in [5.74, 6) is 1.52. The Morgan fingerprint density at radius 1 is 1.35 bits per heavy atom. The van der Waals surface area contributed by atoms with Crippen molar-refractivity contribution in [3.63, 3.8) is 0 Å². The van der Waals surface area contributed by atoms with Crippen molar-refractivity contribution in [3.8, 4) is 11.5 Å². The first kappa shape index (κ1) is 17.6. The van der Waals surface area contributed by atoms with E-state index in [1.165, 1.54) is 5.56 Å². The Morgan fingerprint density at radius 2 is 2.10 bits per heavy atom. The van der Waals surface area contributed by atoms with Gasteiger partial charge in [0, 0.05) is 32.2 Å². The molecule has 0 saturated carbocycles. The van der Waals surface area contributed by atoms with Crippen molar-refractivity contribution >= 4 is 28.3 Å². The maximum absolute atomic E-state index is 5.42. The van der Waals surface area contributed by atoms with Gasteiger partial charge in [0.25, 0.3) is 0 Å². The molecule has 0 radical (unpaired) electrons. The number of ether oxygens (including phenoxy) is 2. The van der Waals surface area contributed by atoms with Gasteiger partial charge >= 0.3 is 0 Å². The van der Waals surface area contributed by atoms with Crippen molar-refractivity contribution in [1.29, 1.82) is 0 Å². The van der Waals surface area contributed by atoms with Crippen molar-refractivity contribution in [2.75, 3.05) is 33.9 Å². The van der Waals surface area contributed by atoms with Gasteiger partial charge in [-0.3, -0.25) is 4.90 Å². The summed E-state index contributed by atoms with van der Waals surface area (Å²) in [6.45, 7) is 6.34. The van der Waals surface area contributed by atoms with Crippen LogP contribution in [0.4, 0.5) is 0 Å². The minimum atomic E-state index is 0. The lowest BCUT2D eigenvalue weighted by atomic mass is 10.1. The lowest BCUT2D eigenvalue weighted by Crippen LogP contribution is -2.49. The van der Waals surface area contributed by atoms with Gasteiger partial charge in [-0.05, 0) is 34.5 Å². The normalized spacial score (nSPS) is 19.3. The fourth-order valence-corrected chi connectivity index (χ4v) is 3.00. The predicted molar refractivity (Wildman–Crippen MR) is 87.2 cm³/mol. The highest BCUT2D eigenvalue weighted by molar-refractivity contribution is 9.10. The number of nitrogens with one attached hydrogen (secondary N) is 1. The van der Waals surface area contributed by atoms with E-state index in [4.69, 9.17) is 9.47 Å². The van der Waals surface area contributed by atoms with Crippen LogP contribution in [0.3, 0.4) is 0 Å². The van der Waals surface area contributed by atoms with Crippen LogP contribution < -0.4 is 14.8 Å². The summed E-state index contributed by atoms with van der Waals surface area (Å²) in [5.41, 5.74) is 1.23. The Morgan fingerprint density at radius 3 is 2.70 bits per heavy atom. The number of piperazine rings is 1. The molecule has 20 heavy (non-hydrogen) atoms. The van der Waals surface area contributed by atoms with E-state index in [0.29, 0.717) is 6.04 Å². The standard InChI is InChI=1S/C14H21BrN2O2.ClH/c1-10-8-16-6-7-17(10)9-11-4-5-12(18-2)14(19-3)13(11)15;/h4-5,10,16H,6-9H2,1-3H3;1H/t10-;/m1./s1. The number of nitrogens with zero attached hydrogens (tertiary/aromatic N) is 1. The Balaban J connectivity index is 0.00000200. The zero-order valence-corrected chi connectivity index (χ0v) is 14.5. The molecule has 1 fully saturated rings. The summed E-state index contributed by atoms with van der Waals surface area (Å²) in [5, 5.41) is 3.41. The number of methoxy groups -OCH3 is 2. The maximum Gasteiger partial charge on any atom is 0.175 e. The van der Waals surface area contributed by atoms with Crippen LogP contribution in [-0.4, -0.2) is 44.8 Å². The molecular weight excluding hydrogens is 344 g/mol. The van der Waals surface area contributed by atoms with Crippen molar-refractivity contribution in [3.05, 3.63) is 22.2 Å². The maximum atomic E-state index is 5.42. The van der Waals surface area contributed by atoms with Crippen LogP contribution in [0, 0.1) is 0 Å². The van der Waals surface area contributed by atoms with E-state index in [0.717, 1.165) is 42.2 Å². The lowest BCUT2D eigenvalue weighted by Gasteiger charge is -2.34. The molecule has 1 N–H and O–H groups in total. The van der Waals surface area contributed by atoms with Gasteiger partial charge in [-0.25, -0.2) is 0 Å². The van der Waals surface area contributed by atoms with Crippen LogP contribution in [0.2, 0.25) is 0 Å². The monoisotopic (exact) mass is 364 g/mol. The molecule has 114 valence electrons. The smallest absolute Gasteiger partial charge is 0.175 e. The fraction of sp³-hybridized carbons (Fsp3) is 0.571. The molecule has 0 aliphatic carbocycles. The number of rotatable bonds is 4. The topological polar surface area (TPSA) is 33.7 Å². The number of benzene rings is 1. The molecule has 1 saturated heterocycles. The largest absolute Gasteiger partial charge is 0.493 e. The fourth-order valence-electron chi connectivity index (χ4n) is 2.39. The van der Waals surface area contributed by atoms with E-state index < -0.39 is 0 Å². The molecule has 0 amide bonds. The number of hydrogen-bond acceptors (Lipinski definition) is 4. The minimum absolute atomic E-state index is 0. The molecule has 1 atom stereocenters. The summed E-state index contributed by atoms with van der Waals surface area (Å²) >= 11 is 3.63. The second-order valence-electron chi connectivity index (χ2n) is 4.80. The highest BCUT2D eigenvalue weighted by atomic mass is 79.9. The number of hydrogen-bond donors (Lipinski definition) is 1. The van der Waals surface area contributed by atoms with E-state index in [-0.39, 0.29) is 12.4 Å². The van der Waals surface area contributed by atoms with Crippen molar-refractivity contribution in [1.82, 2.24) is 10.2 Å². The second-order valence-corrected chi connectivity index (χ2v) is 5.59. The third kappa shape index (κ3) is 3.79. The molecule has 1 heterocycles. The van der Waals surface area contributed by atoms with E-state index in [2.05, 4.69) is 39.1 Å². The molecule has 1 aliphatic heterocycles. The van der Waals surface area contributed by atoms with Crippen LogP contribution in [0.5, 0.6) is 11.5 Å². The third-order valence-corrected chi connectivity index (χ3v) is 4.45. The van der Waals surface area contributed by atoms with Crippen LogP contribution >= 0.6 is 28.3 Å². The Bertz CT molecular complexity index is 445. The van der Waals surface area contributed by atoms with Crippen LogP contribution in [0.1, 0.15) is 12.5 Å². The van der Waals surface area contributed by atoms with Crippen LogP contribution in [-0.2, 0) is 6.54 Å². The SMILES string of the molecule is COc1ccc(CN2CCNC[C@H]2C)c(Br)c1OC.Cl. The van der Waals surface area contributed by atoms with Crippen LogP contribution in [0.25, 0.3) is 0 Å². The summed E-state index contributed by atoms with van der Waals surface area (Å²) < 4.78 is 11.7. The molecule has 6 heteroatoms. The van der Waals surface area contributed by atoms with Gasteiger partial charge in [0.2, 0.25) is 0 Å². The minimum Gasteiger partial charge on any atom is -0.493 e. The third-order valence-electron chi connectivity index (χ3n) is 3.58. The molecule has 0 spiro atoms. The second kappa shape index (κ2) is 8.08.